The van der Waals surface area contributed by atoms with Gasteiger partial charge in [0.25, 0.3) is 0 Å². The van der Waals surface area contributed by atoms with Crippen molar-refractivity contribution in [3.63, 3.8) is 0 Å². The first-order valence-electron chi connectivity index (χ1n) is 5.21. The van der Waals surface area contributed by atoms with Crippen LogP contribution in [0.4, 0.5) is 5.69 Å². The van der Waals surface area contributed by atoms with Crippen LogP contribution in [0.3, 0.4) is 0 Å². The lowest BCUT2D eigenvalue weighted by Gasteiger charge is -2.31. The maximum atomic E-state index is 3.43. The van der Waals surface area contributed by atoms with E-state index in [4.69, 9.17) is 0 Å². The predicted molar refractivity (Wildman–Crippen MR) is 62.3 cm³/mol. The van der Waals surface area contributed by atoms with Gasteiger partial charge in [-0.15, -0.1) is 0 Å². The highest BCUT2D eigenvalue weighted by molar-refractivity contribution is 5.45. The Bertz CT molecular complexity index is 254. The molecule has 0 bridgehead atoms. The second kappa shape index (κ2) is 5.01. The SMILES string of the molecule is CC(C)NN(c1ccccc1)C(C)C. The number of rotatable bonds is 4. The normalized spacial score (nSPS) is 11.0. The van der Waals surface area contributed by atoms with Gasteiger partial charge in [-0.05, 0) is 39.8 Å². The third-order valence-electron chi connectivity index (χ3n) is 1.95. The molecule has 1 aromatic rings. The zero-order valence-electron chi connectivity index (χ0n) is 9.49. The Morgan fingerprint density at radius 1 is 1.00 bits per heavy atom. The Morgan fingerprint density at radius 2 is 1.57 bits per heavy atom. The van der Waals surface area contributed by atoms with Crippen molar-refractivity contribution in [1.29, 1.82) is 0 Å². The molecular formula is C12H20N2. The van der Waals surface area contributed by atoms with Gasteiger partial charge >= 0.3 is 0 Å². The van der Waals surface area contributed by atoms with Crippen LogP contribution in [0.25, 0.3) is 0 Å². The molecule has 0 amide bonds. The summed E-state index contributed by atoms with van der Waals surface area (Å²) in [7, 11) is 0. The number of hydrazine groups is 1. The molecule has 0 unspecified atom stereocenters. The van der Waals surface area contributed by atoms with Crippen LogP contribution in [0.15, 0.2) is 30.3 Å². The molecule has 0 fully saturated rings. The minimum Gasteiger partial charge on any atom is -0.306 e. The first-order valence-corrected chi connectivity index (χ1v) is 5.21. The highest BCUT2D eigenvalue weighted by atomic mass is 15.5. The molecule has 1 aromatic carbocycles. The molecule has 1 N–H and O–H groups in total. The van der Waals surface area contributed by atoms with E-state index in [9.17, 15) is 0 Å². The van der Waals surface area contributed by atoms with Gasteiger partial charge in [-0.1, -0.05) is 18.2 Å². The predicted octanol–water partition coefficient (Wildman–Crippen LogP) is 2.81. The summed E-state index contributed by atoms with van der Waals surface area (Å²) < 4.78 is 0. The molecule has 0 atom stereocenters. The van der Waals surface area contributed by atoms with Crippen LogP contribution in [0, 0.1) is 0 Å². The van der Waals surface area contributed by atoms with Crippen LogP contribution >= 0.6 is 0 Å². The monoisotopic (exact) mass is 192 g/mol. The van der Waals surface area contributed by atoms with Gasteiger partial charge in [0.05, 0.1) is 5.69 Å². The van der Waals surface area contributed by atoms with E-state index in [1.54, 1.807) is 0 Å². The fraction of sp³-hybridized carbons (Fsp3) is 0.500. The summed E-state index contributed by atoms with van der Waals surface area (Å²) in [6.07, 6.45) is 0. The lowest BCUT2D eigenvalue weighted by atomic mass is 10.2. The summed E-state index contributed by atoms with van der Waals surface area (Å²) in [6.45, 7) is 8.67. The Balaban J connectivity index is 2.78. The molecular weight excluding hydrogens is 172 g/mol. The Hall–Kier alpha value is -1.02. The zero-order chi connectivity index (χ0) is 10.6. The van der Waals surface area contributed by atoms with Gasteiger partial charge in [0, 0.05) is 12.1 Å². The van der Waals surface area contributed by atoms with Crippen molar-refractivity contribution >= 4 is 5.69 Å². The number of hydrogen-bond acceptors (Lipinski definition) is 2. The van der Waals surface area contributed by atoms with Gasteiger partial charge in [0.15, 0.2) is 0 Å². The van der Waals surface area contributed by atoms with E-state index in [0.717, 1.165) is 0 Å². The van der Waals surface area contributed by atoms with Gasteiger partial charge < -0.3 is 5.01 Å². The maximum absolute atomic E-state index is 3.43. The summed E-state index contributed by atoms with van der Waals surface area (Å²) in [5.41, 5.74) is 4.65. The fourth-order valence-electron chi connectivity index (χ4n) is 1.39. The van der Waals surface area contributed by atoms with Gasteiger partial charge in [-0.25, -0.2) is 5.43 Å². The number of anilines is 1. The van der Waals surface area contributed by atoms with E-state index >= 15 is 0 Å². The lowest BCUT2D eigenvalue weighted by molar-refractivity contribution is 0.505. The smallest absolute Gasteiger partial charge is 0.0522 e. The largest absolute Gasteiger partial charge is 0.306 e. The molecule has 0 saturated carbocycles. The maximum Gasteiger partial charge on any atom is 0.0522 e. The van der Waals surface area contributed by atoms with Crippen LogP contribution in [-0.4, -0.2) is 12.1 Å². The average molecular weight is 192 g/mol. The minimum absolute atomic E-state index is 0.456. The van der Waals surface area contributed by atoms with E-state index in [2.05, 4.69) is 62.4 Å². The van der Waals surface area contributed by atoms with Crippen molar-refractivity contribution in [2.75, 3.05) is 5.01 Å². The molecule has 2 nitrogen and oxygen atoms in total. The number of benzene rings is 1. The molecule has 0 heterocycles. The molecule has 0 radical (unpaired) electrons. The number of para-hydroxylation sites is 1. The topological polar surface area (TPSA) is 15.3 Å². The summed E-state index contributed by atoms with van der Waals surface area (Å²) in [6, 6.07) is 11.3. The quantitative estimate of drug-likeness (QED) is 0.738. The van der Waals surface area contributed by atoms with Crippen LogP contribution in [0.1, 0.15) is 27.7 Å². The van der Waals surface area contributed by atoms with E-state index in [1.165, 1.54) is 5.69 Å². The molecule has 1 rings (SSSR count). The van der Waals surface area contributed by atoms with Crippen LogP contribution in [-0.2, 0) is 0 Å². The summed E-state index contributed by atoms with van der Waals surface area (Å²) in [5, 5.41) is 2.20. The minimum atomic E-state index is 0.456. The molecule has 0 aliphatic rings. The van der Waals surface area contributed by atoms with Crippen molar-refractivity contribution in [3.8, 4) is 0 Å². The van der Waals surface area contributed by atoms with Crippen molar-refractivity contribution in [3.05, 3.63) is 30.3 Å². The highest BCUT2D eigenvalue weighted by Gasteiger charge is 2.10. The van der Waals surface area contributed by atoms with Crippen molar-refractivity contribution < 1.29 is 0 Å². The van der Waals surface area contributed by atoms with Gasteiger partial charge in [-0.3, -0.25) is 0 Å². The fourth-order valence-corrected chi connectivity index (χ4v) is 1.39. The van der Waals surface area contributed by atoms with Crippen molar-refractivity contribution in [2.24, 2.45) is 0 Å². The highest BCUT2D eigenvalue weighted by Crippen LogP contribution is 2.13. The average Bonchev–Trinajstić information content (AvgIpc) is 2.15. The Kier molecular flexibility index (Phi) is 3.96. The first kappa shape index (κ1) is 11.1. The molecule has 0 saturated heterocycles. The van der Waals surface area contributed by atoms with Crippen molar-refractivity contribution in [2.45, 2.75) is 39.8 Å². The van der Waals surface area contributed by atoms with Crippen molar-refractivity contribution in [1.82, 2.24) is 5.43 Å². The van der Waals surface area contributed by atoms with E-state index in [1.807, 2.05) is 6.07 Å². The Labute approximate surface area is 86.9 Å². The third-order valence-corrected chi connectivity index (χ3v) is 1.95. The second-order valence-corrected chi connectivity index (χ2v) is 4.08. The van der Waals surface area contributed by atoms with Crippen LogP contribution < -0.4 is 10.4 Å². The van der Waals surface area contributed by atoms with Gasteiger partial charge in [0.2, 0.25) is 0 Å². The van der Waals surface area contributed by atoms with Crippen LogP contribution in [0.2, 0.25) is 0 Å². The molecule has 2 heteroatoms. The zero-order valence-corrected chi connectivity index (χ0v) is 9.49. The Morgan fingerprint density at radius 3 is 2.00 bits per heavy atom. The standard InChI is InChI=1S/C12H20N2/c1-10(2)13-14(11(3)4)12-8-6-5-7-9-12/h5-11,13H,1-4H3. The van der Waals surface area contributed by atoms with E-state index in [0.29, 0.717) is 12.1 Å². The number of nitrogens with zero attached hydrogens (tertiary/aromatic N) is 1. The first-order chi connectivity index (χ1) is 6.61. The second-order valence-electron chi connectivity index (χ2n) is 4.08. The van der Waals surface area contributed by atoms with Gasteiger partial charge in [0.1, 0.15) is 0 Å². The summed E-state index contributed by atoms with van der Waals surface area (Å²) >= 11 is 0. The molecule has 0 aliphatic heterocycles. The van der Waals surface area contributed by atoms with E-state index in [-0.39, 0.29) is 0 Å². The number of hydrogen-bond donors (Lipinski definition) is 1. The van der Waals surface area contributed by atoms with Gasteiger partial charge in [-0.2, -0.15) is 0 Å². The molecule has 78 valence electrons. The summed E-state index contributed by atoms with van der Waals surface area (Å²) in [4.78, 5) is 0. The molecule has 14 heavy (non-hydrogen) atoms. The summed E-state index contributed by atoms with van der Waals surface area (Å²) in [5.74, 6) is 0. The lowest BCUT2D eigenvalue weighted by Crippen LogP contribution is -2.46. The van der Waals surface area contributed by atoms with Crippen LogP contribution in [0.5, 0.6) is 0 Å². The molecule has 0 spiro atoms. The molecule has 0 aromatic heterocycles. The number of nitrogens with one attached hydrogen (secondary N) is 1. The third kappa shape index (κ3) is 3.04. The molecule has 0 aliphatic carbocycles. The van der Waals surface area contributed by atoms with E-state index < -0.39 is 0 Å².